The van der Waals surface area contributed by atoms with E-state index in [1.54, 1.807) is 12.1 Å². The SMILES string of the molecule is CN(CCNC1CC1)Cc1cccc(F)c1. The molecule has 0 bridgehead atoms. The molecule has 16 heavy (non-hydrogen) atoms. The van der Waals surface area contributed by atoms with E-state index in [9.17, 15) is 4.39 Å². The fourth-order valence-electron chi connectivity index (χ4n) is 1.77. The molecule has 2 rings (SSSR count). The molecule has 3 heteroatoms. The first kappa shape index (κ1) is 11.6. The Balaban J connectivity index is 1.70. The van der Waals surface area contributed by atoms with Crippen LogP contribution < -0.4 is 5.32 Å². The van der Waals surface area contributed by atoms with E-state index in [-0.39, 0.29) is 5.82 Å². The van der Waals surface area contributed by atoms with E-state index < -0.39 is 0 Å². The highest BCUT2D eigenvalue weighted by Gasteiger charge is 2.19. The van der Waals surface area contributed by atoms with Gasteiger partial charge in [-0.3, -0.25) is 0 Å². The van der Waals surface area contributed by atoms with Gasteiger partial charge in [0.25, 0.3) is 0 Å². The van der Waals surface area contributed by atoms with Crippen LogP contribution in [0.5, 0.6) is 0 Å². The van der Waals surface area contributed by atoms with Gasteiger partial charge in [-0.1, -0.05) is 12.1 Å². The maximum absolute atomic E-state index is 13.0. The van der Waals surface area contributed by atoms with Crippen molar-refractivity contribution in [3.63, 3.8) is 0 Å². The van der Waals surface area contributed by atoms with E-state index in [0.29, 0.717) is 0 Å². The van der Waals surface area contributed by atoms with Gasteiger partial charge < -0.3 is 10.2 Å². The molecule has 0 saturated heterocycles. The molecule has 1 aliphatic rings. The van der Waals surface area contributed by atoms with Crippen LogP contribution in [0.1, 0.15) is 18.4 Å². The van der Waals surface area contributed by atoms with Crippen LogP contribution in [-0.2, 0) is 6.54 Å². The zero-order valence-electron chi connectivity index (χ0n) is 9.75. The van der Waals surface area contributed by atoms with Gasteiger partial charge in [0.1, 0.15) is 5.82 Å². The third kappa shape index (κ3) is 3.91. The van der Waals surface area contributed by atoms with E-state index in [4.69, 9.17) is 0 Å². The second kappa shape index (κ2) is 5.41. The molecule has 0 aromatic heterocycles. The molecule has 1 fully saturated rings. The first-order valence-corrected chi connectivity index (χ1v) is 5.90. The Labute approximate surface area is 96.5 Å². The number of nitrogens with zero attached hydrogens (tertiary/aromatic N) is 1. The van der Waals surface area contributed by atoms with Gasteiger partial charge in [0, 0.05) is 25.7 Å². The lowest BCUT2D eigenvalue weighted by Gasteiger charge is -2.16. The summed E-state index contributed by atoms with van der Waals surface area (Å²) in [5.74, 6) is -0.151. The van der Waals surface area contributed by atoms with Gasteiger partial charge in [0.05, 0.1) is 0 Å². The normalized spacial score (nSPS) is 15.7. The van der Waals surface area contributed by atoms with Crippen molar-refractivity contribution in [3.8, 4) is 0 Å². The van der Waals surface area contributed by atoms with Gasteiger partial charge in [-0.15, -0.1) is 0 Å². The number of hydrogen-bond donors (Lipinski definition) is 1. The topological polar surface area (TPSA) is 15.3 Å². The number of hydrogen-bond acceptors (Lipinski definition) is 2. The maximum atomic E-state index is 13.0. The van der Waals surface area contributed by atoms with E-state index >= 15 is 0 Å². The molecular weight excluding hydrogens is 203 g/mol. The predicted octanol–water partition coefficient (Wildman–Crippen LogP) is 2.01. The number of benzene rings is 1. The quantitative estimate of drug-likeness (QED) is 0.792. The van der Waals surface area contributed by atoms with Gasteiger partial charge in [0.2, 0.25) is 0 Å². The summed E-state index contributed by atoms with van der Waals surface area (Å²) < 4.78 is 13.0. The van der Waals surface area contributed by atoms with Crippen molar-refractivity contribution in [1.82, 2.24) is 10.2 Å². The molecule has 2 nitrogen and oxygen atoms in total. The summed E-state index contributed by atoms with van der Waals surface area (Å²) in [5.41, 5.74) is 1.04. The predicted molar refractivity (Wildman–Crippen MR) is 63.8 cm³/mol. The molecule has 0 unspecified atom stereocenters. The second-order valence-electron chi connectivity index (χ2n) is 4.60. The number of halogens is 1. The summed E-state index contributed by atoms with van der Waals surface area (Å²) in [6.07, 6.45) is 2.65. The average Bonchev–Trinajstić information content (AvgIpc) is 3.01. The van der Waals surface area contributed by atoms with Crippen LogP contribution >= 0.6 is 0 Å². The van der Waals surface area contributed by atoms with Crippen LogP contribution in [0.3, 0.4) is 0 Å². The van der Waals surface area contributed by atoms with Crippen molar-refractivity contribution in [1.29, 1.82) is 0 Å². The smallest absolute Gasteiger partial charge is 0.123 e. The minimum atomic E-state index is -0.151. The lowest BCUT2D eigenvalue weighted by molar-refractivity contribution is 0.323. The minimum absolute atomic E-state index is 0.151. The second-order valence-corrected chi connectivity index (χ2v) is 4.60. The van der Waals surface area contributed by atoms with Crippen molar-refractivity contribution in [2.75, 3.05) is 20.1 Å². The monoisotopic (exact) mass is 222 g/mol. The van der Waals surface area contributed by atoms with Gasteiger partial charge in [-0.2, -0.15) is 0 Å². The van der Waals surface area contributed by atoms with Crippen molar-refractivity contribution < 1.29 is 4.39 Å². The number of likely N-dealkylation sites (N-methyl/N-ethyl adjacent to an activating group) is 1. The summed E-state index contributed by atoms with van der Waals surface area (Å²) in [7, 11) is 2.07. The lowest BCUT2D eigenvalue weighted by Crippen LogP contribution is -2.30. The van der Waals surface area contributed by atoms with Crippen molar-refractivity contribution in [2.45, 2.75) is 25.4 Å². The summed E-state index contributed by atoms with van der Waals surface area (Å²) >= 11 is 0. The highest BCUT2D eigenvalue weighted by atomic mass is 19.1. The van der Waals surface area contributed by atoms with Crippen molar-refractivity contribution in [2.24, 2.45) is 0 Å². The van der Waals surface area contributed by atoms with E-state index in [0.717, 1.165) is 31.2 Å². The zero-order chi connectivity index (χ0) is 11.4. The Morgan fingerprint density at radius 1 is 1.44 bits per heavy atom. The molecule has 88 valence electrons. The molecule has 0 amide bonds. The molecule has 0 radical (unpaired) electrons. The first-order chi connectivity index (χ1) is 7.74. The highest BCUT2D eigenvalue weighted by molar-refractivity contribution is 5.15. The van der Waals surface area contributed by atoms with Gasteiger partial charge in [-0.05, 0) is 37.6 Å². The summed E-state index contributed by atoms with van der Waals surface area (Å²) in [4.78, 5) is 2.21. The summed E-state index contributed by atoms with van der Waals surface area (Å²) in [6, 6.07) is 7.58. The zero-order valence-corrected chi connectivity index (χ0v) is 9.75. The minimum Gasteiger partial charge on any atom is -0.313 e. The van der Waals surface area contributed by atoms with Crippen LogP contribution in [0.25, 0.3) is 0 Å². The Kier molecular flexibility index (Phi) is 3.91. The van der Waals surface area contributed by atoms with E-state index in [1.807, 2.05) is 6.07 Å². The molecular formula is C13H19FN2. The van der Waals surface area contributed by atoms with E-state index in [1.165, 1.54) is 18.9 Å². The Morgan fingerprint density at radius 3 is 2.94 bits per heavy atom. The van der Waals surface area contributed by atoms with Crippen molar-refractivity contribution in [3.05, 3.63) is 35.6 Å². The molecule has 0 aliphatic heterocycles. The largest absolute Gasteiger partial charge is 0.313 e. The van der Waals surface area contributed by atoms with Crippen LogP contribution in [0.15, 0.2) is 24.3 Å². The maximum Gasteiger partial charge on any atom is 0.123 e. The van der Waals surface area contributed by atoms with Gasteiger partial charge in [-0.25, -0.2) is 4.39 Å². The van der Waals surface area contributed by atoms with Crippen LogP contribution in [-0.4, -0.2) is 31.1 Å². The molecule has 0 spiro atoms. The third-order valence-electron chi connectivity index (χ3n) is 2.85. The number of nitrogens with one attached hydrogen (secondary N) is 1. The molecule has 0 heterocycles. The van der Waals surface area contributed by atoms with Gasteiger partial charge in [0.15, 0.2) is 0 Å². The molecule has 0 atom stereocenters. The molecule has 1 N–H and O–H groups in total. The lowest BCUT2D eigenvalue weighted by atomic mass is 10.2. The third-order valence-corrected chi connectivity index (χ3v) is 2.85. The molecule has 1 aromatic rings. The summed E-state index contributed by atoms with van der Waals surface area (Å²) in [5, 5.41) is 3.47. The molecule has 1 aliphatic carbocycles. The fraction of sp³-hybridized carbons (Fsp3) is 0.538. The standard InChI is InChI=1S/C13H19FN2/c1-16(8-7-15-13-5-6-13)10-11-3-2-4-12(14)9-11/h2-4,9,13,15H,5-8,10H2,1H3. The van der Waals surface area contributed by atoms with Crippen LogP contribution in [0.4, 0.5) is 4.39 Å². The summed E-state index contributed by atoms with van der Waals surface area (Å²) in [6.45, 7) is 2.84. The van der Waals surface area contributed by atoms with Crippen LogP contribution in [0.2, 0.25) is 0 Å². The molecule has 1 saturated carbocycles. The Bertz CT molecular complexity index is 336. The van der Waals surface area contributed by atoms with Crippen LogP contribution in [0, 0.1) is 5.82 Å². The molecule has 1 aromatic carbocycles. The van der Waals surface area contributed by atoms with E-state index in [2.05, 4.69) is 17.3 Å². The fourth-order valence-corrected chi connectivity index (χ4v) is 1.77. The van der Waals surface area contributed by atoms with Crippen molar-refractivity contribution >= 4 is 0 Å². The number of rotatable bonds is 6. The van der Waals surface area contributed by atoms with Gasteiger partial charge >= 0.3 is 0 Å². The Hall–Kier alpha value is -0.930. The average molecular weight is 222 g/mol. The Morgan fingerprint density at radius 2 is 2.25 bits per heavy atom. The highest BCUT2D eigenvalue weighted by Crippen LogP contribution is 2.18. The first-order valence-electron chi connectivity index (χ1n) is 5.90.